The van der Waals surface area contributed by atoms with Crippen molar-refractivity contribution in [2.75, 3.05) is 0 Å². The Labute approximate surface area is 65.0 Å². The molecule has 1 aromatic heterocycles. The monoisotopic (exact) mass is 182 g/mol. The number of aliphatic hydroxyl groups excluding tert-OH is 1. The lowest BCUT2D eigenvalue weighted by Gasteiger charge is -1.99. The number of aliphatic hydroxyl groups is 1. The molecule has 0 aromatic carbocycles. The average molecular weight is 182 g/mol. The highest BCUT2D eigenvalue weighted by atomic mass is 19.4. The van der Waals surface area contributed by atoms with Crippen molar-refractivity contribution >= 4 is 0 Å². The third-order valence-corrected chi connectivity index (χ3v) is 1.00. The molecule has 0 unspecified atom stereocenters. The molecule has 7 heteroatoms. The zero-order valence-corrected chi connectivity index (χ0v) is 5.80. The minimum Gasteiger partial charge on any atom is -0.388 e. The molecular weight excluding hydrogens is 177 g/mol. The lowest BCUT2D eigenvalue weighted by molar-refractivity contribution is -0.131. The summed E-state index contributed by atoms with van der Waals surface area (Å²) in [5, 5.41) is 11.5. The van der Waals surface area contributed by atoms with Crippen LogP contribution in [0.2, 0.25) is 0 Å². The van der Waals surface area contributed by atoms with Gasteiger partial charge in [-0.25, -0.2) is 0 Å². The summed E-state index contributed by atoms with van der Waals surface area (Å²) in [5.41, 5.74) is 0. The molecule has 1 aromatic rings. The molecule has 12 heavy (non-hydrogen) atoms. The van der Waals surface area contributed by atoms with Crippen LogP contribution < -0.4 is 0 Å². The Kier molecular flexibility index (Phi) is 2.32. The minimum absolute atomic E-state index is 0.144. The molecule has 0 atom stereocenters. The fraction of sp³-hybridized carbons (Fsp3) is 0.600. The lowest BCUT2D eigenvalue weighted by Crippen LogP contribution is -2.11. The number of hydrogen-bond donors (Lipinski definition) is 1. The van der Waals surface area contributed by atoms with Gasteiger partial charge in [0.1, 0.15) is 13.0 Å². The summed E-state index contributed by atoms with van der Waals surface area (Å²) in [6, 6.07) is 0. The van der Waals surface area contributed by atoms with Gasteiger partial charge in [0.2, 0.25) is 5.89 Å². The van der Waals surface area contributed by atoms with Gasteiger partial charge in [-0.1, -0.05) is 5.16 Å². The van der Waals surface area contributed by atoms with Crippen molar-refractivity contribution in [3.05, 3.63) is 11.7 Å². The minimum atomic E-state index is -4.36. The summed E-state index contributed by atoms with van der Waals surface area (Å²) in [5.74, 6) is -0.680. The number of rotatable bonds is 2. The zero-order valence-electron chi connectivity index (χ0n) is 5.80. The van der Waals surface area contributed by atoms with E-state index in [4.69, 9.17) is 5.11 Å². The van der Waals surface area contributed by atoms with Crippen molar-refractivity contribution in [2.24, 2.45) is 0 Å². The Morgan fingerprint density at radius 2 is 2.08 bits per heavy atom. The second-order valence-corrected chi connectivity index (χ2v) is 2.05. The largest absolute Gasteiger partial charge is 0.397 e. The summed E-state index contributed by atoms with van der Waals surface area (Å²) in [7, 11) is 0. The normalized spacial score (nSPS) is 12.0. The first kappa shape index (κ1) is 8.98. The van der Waals surface area contributed by atoms with E-state index in [1.165, 1.54) is 0 Å². The average Bonchev–Trinajstić information content (AvgIpc) is 2.32. The molecule has 0 saturated heterocycles. The van der Waals surface area contributed by atoms with Gasteiger partial charge in [0.25, 0.3) is 0 Å². The Hall–Kier alpha value is -1.11. The molecule has 1 heterocycles. The van der Waals surface area contributed by atoms with Crippen LogP contribution >= 0.6 is 0 Å². The molecular formula is C5H5F3N2O2. The highest BCUT2D eigenvalue weighted by Gasteiger charge is 2.30. The van der Waals surface area contributed by atoms with Gasteiger partial charge in [-0.2, -0.15) is 18.2 Å². The molecule has 0 aliphatic carbocycles. The molecule has 0 spiro atoms. The third-order valence-electron chi connectivity index (χ3n) is 1.00. The Morgan fingerprint density at radius 3 is 2.50 bits per heavy atom. The van der Waals surface area contributed by atoms with Crippen molar-refractivity contribution in [2.45, 2.75) is 19.2 Å². The van der Waals surface area contributed by atoms with Gasteiger partial charge in [0.05, 0.1) is 0 Å². The topological polar surface area (TPSA) is 59.2 Å². The van der Waals surface area contributed by atoms with Crippen LogP contribution in [0.3, 0.4) is 0 Å². The van der Waals surface area contributed by atoms with Crippen LogP contribution in [0.5, 0.6) is 0 Å². The van der Waals surface area contributed by atoms with E-state index < -0.39 is 25.1 Å². The molecule has 0 fully saturated rings. The van der Waals surface area contributed by atoms with E-state index in [1.54, 1.807) is 0 Å². The van der Waals surface area contributed by atoms with E-state index in [0.717, 1.165) is 0 Å². The molecule has 1 rings (SSSR count). The van der Waals surface area contributed by atoms with Gasteiger partial charge >= 0.3 is 6.18 Å². The van der Waals surface area contributed by atoms with Crippen LogP contribution in [-0.2, 0) is 13.0 Å². The maximum atomic E-state index is 11.7. The summed E-state index contributed by atoms with van der Waals surface area (Å²) in [6.45, 7) is -0.526. The summed E-state index contributed by atoms with van der Waals surface area (Å²) >= 11 is 0. The first-order chi connectivity index (χ1) is 5.51. The van der Waals surface area contributed by atoms with Crippen LogP contribution in [0.25, 0.3) is 0 Å². The van der Waals surface area contributed by atoms with Crippen LogP contribution in [0.4, 0.5) is 13.2 Å². The Morgan fingerprint density at radius 1 is 1.42 bits per heavy atom. The maximum Gasteiger partial charge on any atom is 0.397 e. The van der Waals surface area contributed by atoms with Gasteiger partial charge in [-0.3, -0.25) is 0 Å². The van der Waals surface area contributed by atoms with Crippen LogP contribution in [0, 0.1) is 0 Å². The predicted molar refractivity (Wildman–Crippen MR) is 30.0 cm³/mol. The van der Waals surface area contributed by atoms with Crippen LogP contribution in [0.1, 0.15) is 11.7 Å². The molecule has 68 valence electrons. The molecule has 0 radical (unpaired) electrons. The summed E-state index contributed by atoms with van der Waals surface area (Å²) in [6.07, 6.45) is -5.63. The number of alkyl halides is 3. The fourth-order valence-corrected chi connectivity index (χ4v) is 0.598. The molecule has 0 aliphatic rings. The van der Waals surface area contributed by atoms with Crippen molar-refractivity contribution in [1.29, 1.82) is 0 Å². The standard InChI is InChI=1S/C5H5F3N2O2/c6-5(7,8)1-4-9-3(2-11)10-12-4/h11H,1-2H2. The molecule has 1 N–H and O–H groups in total. The SMILES string of the molecule is OCc1noc(CC(F)(F)F)n1. The van der Waals surface area contributed by atoms with E-state index in [2.05, 4.69) is 14.7 Å². The highest BCUT2D eigenvalue weighted by molar-refractivity contribution is 4.86. The quantitative estimate of drug-likeness (QED) is 0.730. The Bertz CT molecular complexity index is 257. The van der Waals surface area contributed by atoms with Crippen molar-refractivity contribution in [3.8, 4) is 0 Å². The Balaban J connectivity index is 2.64. The second-order valence-electron chi connectivity index (χ2n) is 2.05. The zero-order chi connectivity index (χ0) is 9.19. The van der Waals surface area contributed by atoms with Crippen molar-refractivity contribution in [1.82, 2.24) is 10.1 Å². The van der Waals surface area contributed by atoms with Gasteiger partial charge in [0.15, 0.2) is 5.82 Å². The fourth-order valence-electron chi connectivity index (χ4n) is 0.598. The maximum absolute atomic E-state index is 11.7. The molecule has 0 bridgehead atoms. The van der Waals surface area contributed by atoms with E-state index in [-0.39, 0.29) is 5.82 Å². The second kappa shape index (κ2) is 3.10. The third kappa shape index (κ3) is 2.50. The first-order valence-corrected chi connectivity index (χ1v) is 3.00. The van der Waals surface area contributed by atoms with E-state index in [9.17, 15) is 13.2 Å². The van der Waals surface area contributed by atoms with Gasteiger partial charge in [0, 0.05) is 0 Å². The number of halogens is 3. The van der Waals surface area contributed by atoms with E-state index >= 15 is 0 Å². The van der Waals surface area contributed by atoms with Gasteiger partial charge in [-0.05, 0) is 0 Å². The van der Waals surface area contributed by atoms with Gasteiger partial charge in [-0.15, -0.1) is 0 Å². The molecule has 0 saturated carbocycles. The molecule has 0 amide bonds. The highest BCUT2D eigenvalue weighted by Crippen LogP contribution is 2.19. The van der Waals surface area contributed by atoms with E-state index in [0.29, 0.717) is 0 Å². The van der Waals surface area contributed by atoms with E-state index in [1.807, 2.05) is 0 Å². The molecule has 0 aliphatic heterocycles. The summed E-state index contributed by atoms with van der Waals surface area (Å²) < 4.78 is 39.2. The lowest BCUT2D eigenvalue weighted by atomic mass is 10.4. The number of hydrogen-bond acceptors (Lipinski definition) is 4. The predicted octanol–water partition coefficient (Wildman–Crippen LogP) is 0.667. The van der Waals surface area contributed by atoms with Crippen molar-refractivity contribution < 1.29 is 22.8 Å². The van der Waals surface area contributed by atoms with Crippen LogP contribution in [-0.4, -0.2) is 21.4 Å². The number of aromatic nitrogens is 2. The summed E-state index contributed by atoms with van der Waals surface area (Å²) in [4.78, 5) is 3.27. The smallest absolute Gasteiger partial charge is 0.388 e. The molecule has 4 nitrogen and oxygen atoms in total. The van der Waals surface area contributed by atoms with Crippen LogP contribution in [0.15, 0.2) is 4.52 Å². The first-order valence-electron chi connectivity index (χ1n) is 3.00. The van der Waals surface area contributed by atoms with Crippen molar-refractivity contribution in [3.63, 3.8) is 0 Å². The van der Waals surface area contributed by atoms with Gasteiger partial charge < -0.3 is 9.63 Å². The number of nitrogens with zero attached hydrogens (tertiary/aromatic N) is 2.